The highest BCUT2D eigenvalue weighted by molar-refractivity contribution is 5.98. The average molecular weight is 621 g/mol. The van der Waals surface area contributed by atoms with Gasteiger partial charge in [-0.05, 0) is 98.0 Å². The molecule has 1 N–H and O–H groups in total. The largest absolute Gasteiger partial charge is 0.489 e. The van der Waals surface area contributed by atoms with Gasteiger partial charge in [-0.25, -0.2) is 4.79 Å². The molecule has 7 rings (SSSR count). The summed E-state index contributed by atoms with van der Waals surface area (Å²) in [6, 6.07) is 20.3. The molecule has 2 saturated heterocycles. The quantitative estimate of drug-likeness (QED) is 0.228. The van der Waals surface area contributed by atoms with Gasteiger partial charge in [0.1, 0.15) is 12.4 Å². The van der Waals surface area contributed by atoms with Crippen LogP contribution in [0.2, 0.25) is 0 Å². The molecule has 0 spiro atoms. The van der Waals surface area contributed by atoms with Crippen molar-refractivity contribution in [3.05, 3.63) is 77.4 Å². The van der Waals surface area contributed by atoms with Gasteiger partial charge in [-0.1, -0.05) is 25.3 Å². The van der Waals surface area contributed by atoms with Gasteiger partial charge in [0.15, 0.2) is 0 Å². The molecule has 2 aliphatic heterocycles. The lowest BCUT2D eigenvalue weighted by Crippen LogP contribution is -2.44. The second-order valence-corrected chi connectivity index (χ2v) is 13.3. The van der Waals surface area contributed by atoms with E-state index in [1.165, 1.54) is 30.5 Å². The zero-order chi connectivity index (χ0) is 31.8. The number of hydrogen-bond donors (Lipinski definition) is 1. The molecule has 0 atom stereocenters. The predicted octanol–water partition coefficient (Wildman–Crippen LogP) is 7.05. The number of fused-ring (bicyclic) bond motifs is 1. The van der Waals surface area contributed by atoms with E-state index in [2.05, 4.69) is 58.8 Å². The maximum absolute atomic E-state index is 12.5. The molecule has 3 aromatic carbocycles. The molecule has 46 heavy (non-hydrogen) atoms. The van der Waals surface area contributed by atoms with Gasteiger partial charge in [-0.2, -0.15) is 0 Å². The van der Waals surface area contributed by atoms with E-state index in [9.17, 15) is 14.7 Å². The van der Waals surface area contributed by atoms with Crippen LogP contribution in [0.5, 0.6) is 5.75 Å². The second-order valence-electron chi connectivity index (χ2n) is 13.3. The molecule has 1 saturated carbocycles. The van der Waals surface area contributed by atoms with Gasteiger partial charge < -0.3 is 29.1 Å². The Hall–Kier alpha value is -4.30. The topological polar surface area (TPSA) is 78.2 Å². The van der Waals surface area contributed by atoms with E-state index in [1.54, 1.807) is 6.07 Å². The first-order valence-corrected chi connectivity index (χ1v) is 16.8. The molecular weight excluding hydrogens is 576 g/mol. The first kappa shape index (κ1) is 30.4. The summed E-state index contributed by atoms with van der Waals surface area (Å²) in [5, 5.41) is 10.8. The highest BCUT2D eigenvalue weighted by Gasteiger charge is 2.27. The molecule has 240 valence electrons. The molecule has 8 nitrogen and oxygen atoms in total. The Morgan fingerprint density at radius 1 is 0.870 bits per heavy atom. The predicted molar refractivity (Wildman–Crippen MR) is 183 cm³/mol. The number of anilines is 2. The van der Waals surface area contributed by atoms with Crippen LogP contribution in [0, 0.1) is 0 Å². The van der Waals surface area contributed by atoms with Crippen molar-refractivity contribution in [1.29, 1.82) is 0 Å². The Balaban J connectivity index is 1.18. The maximum atomic E-state index is 12.5. The fraction of sp³-hybridized carbons (Fsp3) is 0.421. The summed E-state index contributed by atoms with van der Waals surface area (Å²) in [6.45, 7) is 5.13. The molecular formula is C38H44N4O4. The molecule has 3 fully saturated rings. The number of piperazine rings is 1. The number of carboxylic acids is 1. The molecule has 3 aliphatic rings. The lowest BCUT2D eigenvalue weighted by atomic mass is 9.82. The third-order valence-corrected chi connectivity index (χ3v) is 10.3. The number of carbonyl (C=O) groups is 2. The van der Waals surface area contributed by atoms with Gasteiger partial charge in [-0.3, -0.25) is 4.79 Å². The van der Waals surface area contributed by atoms with E-state index < -0.39 is 5.97 Å². The van der Waals surface area contributed by atoms with Crippen LogP contribution in [0.3, 0.4) is 0 Å². The fourth-order valence-corrected chi connectivity index (χ4v) is 7.75. The molecule has 3 heterocycles. The minimum atomic E-state index is -0.904. The Morgan fingerprint density at radius 3 is 2.33 bits per heavy atom. The summed E-state index contributed by atoms with van der Waals surface area (Å²) in [5.74, 6) is 0.539. The van der Waals surface area contributed by atoms with E-state index in [-0.39, 0.29) is 5.91 Å². The normalized spacial score (nSPS) is 18.1. The Bertz CT molecular complexity index is 1750. The molecule has 1 amide bonds. The molecule has 4 aromatic rings. The lowest BCUT2D eigenvalue weighted by molar-refractivity contribution is -0.117. The standard InChI is InChI=1S/C38H44N4O4/c1-39-19-21-41(22-20-39)33-17-13-30(42-18-6-9-35(42)43)23-29(33)25-46-31-14-10-27(11-15-31)37-36(26-7-4-3-5-8-26)32-16-12-28(38(44)45)24-34(32)40(37)2/h10-17,23-24,26H,3-9,18-22,25H2,1-2H3,(H,44,45). The molecule has 1 aliphatic carbocycles. The average Bonchev–Trinajstić information content (AvgIpc) is 3.64. The van der Waals surface area contributed by atoms with Crippen molar-refractivity contribution in [3.8, 4) is 17.0 Å². The van der Waals surface area contributed by atoms with Crippen molar-refractivity contribution in [3.63, 3.8) is 0 Å². The molecule has 0 bridgehead atoms. The number of amides is 1. The van der Waals surface area contributed by atoms with Crippen LogP contribution in [0.1, 0.15) is 72.3 Å². The number of rotatable bonds is 8. The summed E-state index contributed by atoms with van der Waals surface area (Å²) in [5.41, 5.74) is 8.10. The van der Waals surface area contributed by atoms with Crippen molar-refractivity contribution in [2.75, 3.05) is 49.6 Å². The van der Waals surface area contributed by atoms with Crippen LogP contribution in [0.25, 0.3) is 22.2 Å². The van der Waals surface area contributed by atoms with Crippen molar-refractivity contribution >= 4 is 34.2 Å². The van der Waals surface area contributed by atoms with Crippen molar-refractivity contribution in [2.45, 2.75) is 57.5 Å². The van der Waals surface area contributed by atoms with Gasteiger partial charge in [0.25, 0.3) is 0 Å². The van der Waals surface area contributed by atoms with Gasteiger partial charge in [0.05, 0.1) is 11.3 Å². The van der Waals surface area contributed by atoms with Gasteiger partial charge in [0.2, 0.25) is 5.91 Å². The summed E-state index contributed by atoms with van der Waals surface area (Å²) < 4.78 is 8.62. The Labute approximate surface area is 271 Å². The second kappa shape index (κ2) is 12.8. The number of carboxylic acid groups (broad SMARTS) is 1. The summed E-state index contributed by atoms with van der Waals surface area (Å²) in [6.07, 6.45) is 7.56. The SMILES string of the molecule is CN1CCN(c2ccc(N3CCCC3=O)cc2COc2ccc(-c3c(C4CCCCC4)c4ccc(C(=O)O)cc4n3C)cc2)CC1. The van der Waals surface area contributed by atoms with E-state index in [0.29, 0.717) is 24.5 Å². The highest BCUT2D eigenvalue weighted by Crippen LogP contribution is 2.44. The van der Waals surface area contributed by atoms with Crippen molar-refractivity contribution in [1.82, 2.24) is 9.47 Å². The summed E-state index contributed by atoms with van der Waals surface area (Å²) in [7, 11) is 4.22. The van der Waals surface area contributed by atoms with Gasteiger partial charge >= 0.3 is 5.97 Å². The number of aromatic nitrogens is 1. The third-order valence-electron chi connectivity index (χ3n) is 10.3. The van der Waals surface area contributed by atoms with E-state index in [0.717, 1.165) is 91.1 Å². The highest BCUT2D eigenvalue weighted by atomic mass is 16.5. The van der Waals surface area contributed by atoms with Gasteiger partial charge in [0, 0.05) is 74.0 Å². The zero-order valence-electron chi connectivity index (χ0n) is 27.0. The van der Waals surface area contributed by atoms with Crippen molar-refractivity contribution in [2.24, 2.45) is 7.05 Å². The smallest absolute Gasteiger partial charge is 0.335 e. The minimum Gasteiger partial charge on any atom is -0.489 e. The monoisotopic (exact) mass is 620 g/mol. The van der Waals surface area contributed by atoms with E-state index >= 15 is 0 Å². The van der Waals surface area contributed by atoms with Crippen molar-refractivity contribution < 1.29 is 19.4 Å². The maximum Gasteiger partial charge on any atom is 0.335 e. The van der Waals surface area contributed by atoms with Gasteiger partial charge in [-0.15, -0.1) is 0 Å². The first-order chi connectivity index (χ1) is 22.4. The Morgan fingerprint density at radius 2 is 1.63 bits per heavy atom. The lowest BCUT2D eigenvalue weighted by Gasteiger charge is -2.35. The molecule has 8 heteroatoms. The minimum absolute atomic E-state index is 0.190. The van der Waals surface area contributed by atoms with Crippen LogP contribution in [0.4, 0.5) is 11.4 Å². The third kappa shape index (κ3) is 5.86. The molecule has 0 radical (unpaired) electrons. The number of ether oxygens (including phenoxy) is 1. The van der Waals surface area contributed by atoms with Crippen LogP contribution in [0.15, 0.2) is 60.7 Å². The molecule has 0 unspecified atom stereocenters. The molecule has 1 aromatic heterocycles. The fourth-order valence-electron chi connectivity index (χ4n) is 7.75. The van der Waals surface area contributed by atoms with E-state index in [4.69, 9.17) is 4.74 Å². The number of carbonyl (C=O) groups excluding carboxylic acids is 1. The number of benzene rings is 3. The number of aryl methyl sites for hydroxylation is 1. The Kier molecular flexibility index (Phi) is 8.47. The van der Waals surface area contributed by atoms with Crippen LogP contribution in [-0.4, -0.2) is 66.2 Å². The number of aromatic carboxylic acids is 1. The van der Waals surface area contributed by atoms with Crippen LogP contribution < -0.4 is 14.5 Å². The number of likely N-dealkylation sites (N-methyl/N-ethyl adjacent to an activating group) is 1. The first-order valence-electron chi connectivity index (χ1n) is 16.8. The summed E-state index contributed by atoms with van der Waals surface area (Å²) >= 11 is 0. The van der Waals surface area contributed by atoms with E-state index in [1.807, 2.05) is 29.2 Å². The number of nitrogens with zero attached hydrogens (tertiary/aromatic N) is 4. The zero-order valence-corrected chi connectivity index (χ0v) is 27.0. The number of hydrogen-bond acceptors (Lipinski definition) is 5. The van der Waals surface area contributed by atoms with Crippen LogP contribution >= 0.6 is 0 Å². The summed E-state index contributed by atoms with van der Waals surface area (Å²) in [4.78, 5) is 31.0. The van der Waals surface area contributed by atoms with Crippen LogP contribution in [-0.2, 0) is 18.4 Å².